The summed E-state index contributed by atoms with van der Waals surface area (Å²) in [5.41, 5.74) is -0.0941. The molecule has 2 rings (SSSR count). The van der Waals surface area contributed by atoms with Gasteiger partial charge in [0.05, 0.1) is 12.2 Å². The molecule has 47 heavy (non-hydrogen) atoms. The number of aryl methyl sites for hydroxylation is 1. The highest BCUT2D eigenvalue weighted by molar-refractivity contribution is 6.75. The van der Waals surface area contributed by atoms with Crippen LogP contribution in [-0.4, -0.2) is 52.9 Å². The van der Waals surface area contributed by atoms with Crippen molar-refractivity contribution in [2.75, 3.05) is 6.61 Å². The smallest absolute Gasteiger partial charge is 0.330 e. The number of hydrogen-bond donors (Lipinski definition) is 0. The van der Waals surface area contributed by atoms with Crippen molar-refractivity contribution in [1.82, 2.24) is 9.13 Å². The van der Waals surface area contributed by atoms with Gasteiger partial charge in [-0.3, -0.25) is 9.36 Å². The number of ether oxygens (including phenoxy) is 1. The van der Waals surface area contributed by atoms with Gasteiger partial charge < -0.3 is 22.6 Å². The minimum absolute atomic E-state index is 0.00887. The van der Waals surface area contributed by atoms with E-state index >= 15 is 0 Å². The van der Waals surface area contributed by atoms with Crippen LogP contribution in [-0.2, 0) is 31.1 Å². The van der Waals surface area contributed by atoms with E-state index in [1.165, 1.54) is 4.57 Å². The molecule has 2 heterocycles. The van der Waals surface area contributed by atoms with Gasteiger partial charge in [0, 0.05) is 19.3 Å². The zero-order valence-electron chi connectivity index (χ0n) is 33.2. The van der Waals surface area contributed by atoms with E-state index in [9.17, 15) is 9.59 Å². The van der Waals surface area contributed by atoms with Gasteiger partial charge >= 0.3 is 5.69 Å². The summed E-state index contributed by atoms with van der Waals surface area (Å²) in [5.74, 6) is 0.729. The Balaban J connectivity index is 2.89. The number of unbranched alkanes of at least 4 members (excludes halogenated alkanes) is 2. The molecule has 1 aromatic heterocycles. The zero-order valence-corrected chi connectivity index (χ0v) is 36.2. The molecule has 0 aromatic carbocycles. The van der Waals surface area contributed by atoms with E-state index in [0.29, 0.717) is 25.3 Å². The van der Waals surface area contributed by atoms with Crippen LogP contribution >= 0.6 is 0 Å². The molecule has 1 aromatic rings. The van der Waals surface area contributed by atoms with Crippen LogP contribution < -0.4 is 11.2 Å². The normalized spacial score (nSPS) is 20.4. The number of hydrogen-bond acceptors (Lipinski definition) is 6. The predicted octanol–water partition coefficient (Wildman–Crippen LogP) is 9.37. The van der Waals surface area contributed by atoms with Gasteiger partial charge in [0.1, 0.15) is 24.1 Å². The second-order valence-corrected chi connectivity index (χ2v) is 32.4. The molecule has 0 saturated heterocycles. The lowest BCUT2D eigenvalue weighted by molar-refractivity contribution is -0.0913. The van der Waals surface area contributed by atoms with Crippen LogP contribution in [0.1, 0.15) is 114 Å². The van der Waals surface area contributed by atoms with Crippen molar-refractivity contribution in [1.29, 1.82) is 0 Å². The van der Waals surface area contributed by atoms with Gasteiger partial charge in [0.2, 0.25) is 8.32 Å². The molecule has 0 N–H and O–H groups in total. The molecular formula is C36H70N2O6Si3. The Morgan fingerprint density at radius 2 is 1.28 bits per heavy atom. The summed E-state index contributed by atoms with van der Waals surface area (Å²) in [6, 6.07) is 0. The van der Waals surface area contributed by atoms with Gasteiger partial charge in [-0.05, 0) is 73.3 Å². The molecule has 3 atom stereocenters. The van der Waals surface area contributed by atoms with E-state index in [-0.39, 0.29) is 26.4 Å². The second-order valence-electron chi connectivity index (χ2n) is 18.1. The fraction of sp³-hybridized carbons (Fsp3) is 0.833. The fourth-order valence-electron chi connectivity index (χ4n) is 4.56. The monoisotopic (exact) mass is 710 g/mol. The Hall–Kier alpha value is -1.25. The van der Waals surface area contributed by atoms with E-state index < -0.39 is 43.3 Å². The molecule has 11 heteroatoms. The van der Waals surface area contributed by atoms with Crippen molar-refractivity contribution in [3.05, 3.63) is 44.4 Å². The second kappa shape index (κ2) is 15.3. The van der Waals surface area contributed by atoms with Crippen LogP contribution in [0.3, 0.4) is 0 Å². The molecule has 0 radical (unpaired) electrons. The number of nitrogens with zero attached hydrogens (tertiary/aromatic N) is 2. The van der Waals surface area contributed by atoms with Crippen LogP contribution in [0, 0.1) is 0 Å². The van der Waals surface area contributed by atoms with E-state index in [2.05, 4.69) is 115 Å². The lowest BCUT2D eigenvalue weighted by Crippen LogP contribution is -2.54. The van der Waals surface area contributed by atoms with Gasteiger partial charge in [-0.15, -0.1) is 0 Å². The topological polar surface area (TPSA) is 80.9 Å². The first-order chi connectivity index (χ1) is 21.2. The van der Waals surface area contributed by atoms with Crippen LogP contribution in [0.5, 0.6) is 0 Å². The Morgan fingerprint density at radius 3 is 1.77 bits per heavy atom. The minimum Gasteiger partial charge on any atom is -0.545 e. The van der Waals surface area contributed by atoms with Crippen molar-refractivity contribution in [2.45, 2.75) is 188 Å². The van der Waals surface area contributed by atoms with Crippen LogP contribution in [0.2, 0.25) is 54.4 Å². The molecule has 272 valence electrons. The third-order valence-electron chi connectivity index (χ3n) is 11.1. The van der Waals surface area contributed by atoms with Crippen LogP contribution in [0.25, 0.3) is 0 Å². The van der Waals surface area contributed by atoms with Crippen molar-refractivity contribution in [3.63, 3.8) is 0 Å². The highest BCUT2D eigenvalue weighted by atomic mass is 28.4. The van der Waals surface area contributed by atoms with Crippen molar-refractivity contribution < 1.29 is 18.0 Å². The van der Waals surface area contributed by atoms with Gasteiger partial charge in [-0.2, -0.15) is 0 Å². The van der Waals surface area contributed by atoms with Gasteiger partial charge in [0.15, 0.2) is 16.6 Å². The summed E-state index contributed by atoms with van der Waals surface area (Å²) >= 11 is 0. The van der Waals surface area contributed by atoms with Crippen LogP contribution in [0.4, 0.5) is 0 Å². The summed E-state index contributed by atoms with van der Waals surface area (Å²) in [4.78, 5) is 27.6. The Kier molecular flexibility index (Phi) is 13.7. The van der Waals surface area contributed by atoms with Crippen LogP contribution in [0.15, 0.2) is 27.6 Å². The first kappa shape index (κ1) is 41.9. The standard InChI is InChI=1S/C36H70N2O6Si3/c1-18-20-22-37-25-27(32(39)38(33(37)40)23-21-19-2)28-24-29(43-46(14,15)35(6,7)8)31(44-47(16,17)36(9,10)11)30(42-28)26-41-45(12,13)34(3,4)5/h24-25,28,30-31H,18-23,26H2,1-17H3/t28-,30+,31-/m0/s1. The van der Waals surface area contributed by atoms with Gasteiger partial charge in [0.25, 0.3) is 5.56 Å². The SMILES string of the molecule is CCCCn1cc([C@@H]2C=C(O[Si](C)(C)C(C)(C)C)[C@H](O[Si](C)(C)C(C)(C)C)[C@@H](CO[Si](C)(C)C(C)(C)C)O2)c(=O)n(CCCC)c1=O. The lowest BCUT2D eigenvalue weighted by atomic mass is 10.0. The molecule has 8 nitrogen and oxygen atoms in total. The van der Waals surface area contributed by atoms with Gasteiger partial charge in [-0.1, -0.05) is 89.0 Å². The molecule has 0 unspecified atom stereocenters. The highest BCUT2D eigenvalue weighted by Crippen LogP contribution is 2.45. The predicted molar refractivity (Wildman–Crippen MR) is 204 cm³/mol. The first-order valence-corrected chi connectivity index (χ1v) is 26.7. The fourth-order valence-corrected chi connectivity index (χ4v) is 7.91. The zero-order chi connectivity index (χ0) is 36.4. The van der Waals surface area contributed by atoms with Crippen molar-refractivity contribution in [2.24, 2.45) is 0 Å². The average Bonchev–Trinajstić information content (AvgIpc) is 2.90. The molecule has 0 aliphatic carbocycles. The maximum absolute atomic E-state index is 14.1. The van der Waals surface area contributed by atoms with E-state index in [0.717, 1.165) is 31.4 Å². The van der Waals surface area contributed by atoms with Crippen molar-refractivity contribution >= 4 is 25.0 Å². The minimum atomic E-state index is -2.34. The van der Waals surface area contributed by atoms with E-state index in [1.807, 2.05) is 6.08 Å². The number of aromatic nitrogens is 2. The highest BCUT2D eigenvalue weighted by Gasteiger charge is 2.49. The summed E-state index contributed by atoms with van der Waals surface area (Å²) in [6.07, 6.45) is 5.42. The lowest BCUT2D eigenvalue weighted by Gasteiger charge is -2.47. The third-order valence-corrected chi connectivity index (χ3v) is 24.4. The first-order valence-electron chi connectivity index (χ1n) is 17.9. The van der Waals surface area contributed by atoms with Crippen molar-refractivity contribution in [3.8, 4) is 0 Å². The average molecular weight is 711 g/mol. The maximum Gasteiger partial charge on any atom is 0.330 e. The molecule has 0 amide bonds. The number of rotatable bonds is 14. The molecule has 0 bridgehead atoms. The Bertz CT molecular complexity index is 1340. The molecular weight excluding hydrogens is 641 g/mol. The largest absolute Gasteiger partial charge is 0.545 e. The Labute approximate surface area is 290 Å². The maximum atomic E-state index is 14.1. The quantitative estimate of drug-likeness (QED) is 0.179. The van der Waals surface area contributed by atoms with Gasteiger partial charge in [-0.25, -0.2) is 4.79 Å². The summed E-state index contributed by atoms with van der Waals surface area (Å²) < 4.78 is 31.2. The summed E-state index contributed by atoms with van der Waals surface area (Å²) in [7, 11) is -6.83. The Morgan fingerprint density at radius 1 is 0.766 bits per heavy atom. The summed E-state index contributed by atoms with van der Waals surface area (Å²) in [5, 5.41) is -0.0932. The third kappa shape index (κ3) is 10.2. The molecule has 1 aliphatic heterocycles. The van der Waals surface area contributed by atoms with E-state index in [4.69, 9.17) is 18.0 Å². The molecule has 1 aliphatic rings. The molecule has 0 fully saturated rings. The van der Waals surface area contributed by atoms with E-state index in [1.54, 1.807) is 10.8 Å². The molecule has 0 saturated carbocycles. The summed E-state index contributed by atoms with van der Waals surface area (Å²) in [6.45, 7) is 39.0. The molecule has 0 spiro atoms.